The molecule has 3 rings (SSSR count). The number of nitrogens with one attached hydrogen (secondary N) is 1. The lowest BCUT2D eigenvalue weighted by molar-refractivity contribution is -0.380. The molecule has 1 saturated heterocycles. The third-order valence-electron chi connectivity index (χ3n) is 4.56. The fraction of sp³-hybridized carbons (Fsp3) is 0.368. The number of halogens is 3. The molecule has 1 unspecified atom stereocenters. The molecular weight excluding hydrogens is 455 g/mol. The van der Waals surface area contributed by atoms with Gasteiger partial charge >= 0.3 is 17.1 Å². The Balaban J connectivity index is 1.76. The number of rotatable bonds is 6. The molecule has 32 heavy (non-hydrogen) atoms. The number of carbonyl (C=O) groups excluding carboxylic acids is 2. The Labute approximate surface area is 183 Å². The number of anilines is 2. The van der Waals surface area contributed by atoms with Crippen molar-refractivity contribution in [1.29, 1.82) is 0 Å². The van der Waals surface area contributed by atoms with Crippen LogP contribution in [0.2, 0.25) is 0 Å². The second-order valence-electron chi connectivity index (χ2n) is 6.76. The molecule has 1 amide bonds. The largest absolute Gasteiger partial charge is 0.448 e. The van der Waals surface area contributed by atoms with Gasteiger partial charge in [-0.2, -0.15) is 13.2 Å². The minimum Gasteiger partial charge on any atom is -0.448 e. The lowest BCUT2D eigenvalue weighted by Crippen LogP contribution is -2.37. The third-order valence-corrected chi connectivity index (χ3v) is 5.58. The Morgan fingerprint density at radius 1 is 1.25 bits per heavy atom. The highest BCUT2D eigenvalue weighted by Crippen LogP contribution is 2.36. The van der Waals surface area contributed by atoms with E-state index >= 15 is 0 Å². The molecule has 0 bridgehead atoms. The minimum absolute atomic E-state index is 0.0792. The van der Waals surface area contributed by atoms with Crippen LogP contribution in [0.25, 0.3) is 0 Å². The first kappa shape index (κ1) is 23.5. The van der Waals surface area contributed by atoms with Crippen LogP contribution in [0, 0.1) is 10.1 Å². The van der Waals surface area contributed by atoms with Crippen molar-refractivity contribution in [2.24, 2.45) is 0 Å². The monoisotopic (exact) mass is 473 g/mol. The number of thiophene rings is 1. The predicted molar refractivity (Wildman–Crippen MR) is 109 cm³/mol. The van der Waals surface area contributed by atoms with E-state index in [1.807, 2.05) is 0 Å². The Bertz CT molecular complexity index is 1020. The van der Waals surface area contributed by atoms with Crippen molar-refractivity contribution in [2.75, 3.05) is 36.5 Å². The fourth-order valence-corrected chi connectivity index (χ4v) is 3.64. The number of esters is 1. The number of carbonyl (C=O) groups is 2. The molecule has 2 aromatic rings. The van der Waals surface area contributed by atoms with Crippen molar-refractivity contribution in [1.82, 2.24) is 0 Å². The average molecular weight is 473 g/mol. The lowest BCUT2D eigenvalue weighted by Gasteiger charge is -2.31. The van der Waals surface area contributed by atoms with Gasteiger partial charge in [0.25, 0.3) is 5.91 Å². The minimum atomic E-state index is -4.62. The van der Waals surface area contributed by atoms with Crippen molar-refractivity contribution < 1.29 is 37.2 Å². The van der Waals surface area contributed by atoms with E-state index in [4.69, 9.17) is 9.47 Å². The van der Waals surface area contributed by atoms with Crippen LogP contribution in [0.15, 0.2) is 30.3 Å². The van der Waals surface area contributed by atoms with Crippen LogP contribution < -0.4 is 10.2 Å². The SMILES string of the molecule is CC(OC(=O)c1ccc([N+](=O)[O-])s1)C(=O)Nc1cc(C(F)(F)F)ccc1N1CCOCC1. The summed E-state index contributed by atoms with van der Waals surface area (Å²) >= 11 is 0.584. The number of morpholine rings is 1. The molecule has 172 valence electrons. The molecule has 2 heterocycles. The van der Waals surface area contributed by atoms with Gasteiger partial charge in [-0.25, -0.2) is 4.79 Å². The Morgan fingerprint density at radius 2 is 1.94 bits per heavy atom. The van der Waals surface area contributed by atoms with E-state index in [0.717, 1.165) is 18.2 Å². The fourth-order valence-electron chi connectivity index (χ4n) is 2.93. The van der Waals surface area contributed by atoms with Crippen molar-refractivity contribution in [3.8, 4) is 0 Å². The Morgan fingerprint density at radius 3 is 2.53 bits per heavy atom. The predicted octanol–water partition coefficient (Wildman–Crippen LogP) is 3.70. The molecule has 0 radical (unpaired) electrons. The van der Waals surface area contributed by atoms with E-state index in [2.05, 4.69) is 5.32 Å². The van der Waals surface area contributed by atoms with Crippen LogP contribution in [0.1, 0.15) is 22.2 Å². The number of alkyl halides is 3. The van der Waals surface area contributed by atoms with Crippen molar-refractivity contribution in [3.63, 3.8) is 0 Å². The molecule has 0 spiro atoms. The highest BCUT2D eigenvalue weighted by atomic mass is 32.1. The number of nitrogens with zero attached hydrogens (tertiary/aromatic N) is 2. The van der Waals surface area contributed by atoms with E-state index < -0.39 is 34.6 Å². The maximum atomic E-state index is 13.2. The summed E-state index contributed by atoms with van der Waals surface area (Å²) in [5.74, 6) is -1.80. The summed E-state index contributed by atoms with van der Waals surface area (Å²) in [6, 6.07) is 5.33. The van der Waals surface area contributed by atoms with Crippen molar-refractivity contribution >= 4 is 39.6 Å². The molecule has 1 N–H and O–H groups in total. The maximum Gasteiger partial charge on any atom is 0.416 e. The van der Waals surface area contributed by atoms with E-state index in [-0.39, 0.29) is 15.6 Å². The molecular formula is C19H18F3N3O6S. The average Bonchev–Trinajstić information content (AvgIpc) is 3.24. The zero-order valence-corrected chi connectivity index (χ0v) is 17.5. The molecule has 1 aromatic carbocycles. The van der Waals surface area contributed by atoms with Gasteiger partial charge in [0.15, 0.2) is 6.10 Å². The van der Waals surface area contributed by atoms with Gasteiger partial charge < -0.3 is 19.7 Å². The summed E-state index contributed by atoms with van der Waals surface area (Å²) in [6.45, 7) is 2.87. The molecule has 1 aliphatic rings. The van der Waals surface area contributed by atoms with Gasteiger partial charge in [-0.05, 0) is 31.2 Å². The van der Waals surface area contributed by atoms with E-state index in [0.29, 0.717) is 43.3 Å². The zero-order valence-electron chi connectivity index (χ0n) is 16.7. The number of ether oxygens (including phenoxy) is 2. The summed E-state index contributed by atoms with van der Waals surface area (Å²) in [4.78, 5) is 36.5. The molecule has 13 heteroatoms. The summed E-state index contributed by atoms with van der Waals surface area (Å²) in [6.07, 6.45) is -5.98. The third kappa shape index (κ3) is 5.53. The summed E-state index contributed by atoms with van der Waals surface area (Å²) in [5.41, 5.74) is -0.649. The van der Waals surface area contributed by atoms with E-state index in [1.54, 1.807) is 4.90 Å². The van der Waals surface area contributed by atoms with Crippen LogP contribution >= 0.6 is 11.3 Å². The standard InChI is InChI=1S/C19H18F3N3O6S/c1-11(31-18(27)15-4-5-16(32-15)25(28)29)17(26)23-13-10-12(19(20,21)22)2-3-14(13)24-6-8-30-9-7-24/h2-5,10-11H,6-9H2,1H3,(H,23,26). The topological polar surface area (TPSA) is 111 Å². The van der Waals surface area contributed by atoms with Crippen LogP contribution in [0.4, 0.5) is 29.5 Å². The van der Waals surface area contributed by atoms with Gasteiger partial charge in [-0.15, -0.1) is 0 Å². The summed E-state index contributed by atoms with van der Waals surface area (Å²) in [7, 11) is 0. The Hall–Kier alpha value is -3.19. The number of benzene rings is 1. The van der Waals surface area contributed by atoms with Gasteiger partial charge in [0, 0.05) is 19.2 Å². The first-order valence-electron chi connectivity index (χ1n) is 9.36. The lowest BCUT2D eigenvalue weighted by atomic mass is 10.1. The number of hydrogen-bond acceptors (Lipinski definition) is 8. The summed E-state index contributed by atoms with van der Waals surface area (Å²) < 4.78 is 49.9. The van der Waals surface area contributed by atoms with Crippen molar-refractivity contribution in [2.45, 2.75) is 19.2 Å². The second-order valence-corrected chi connectivity index (χ2v) is 7.82. The van der Waals surface area contributed by atoms with Crippen molar-refractivity contribution in [3.05, 3.63) is 50.9 Å². The van der Waals surface area contributed by atoms with Gasteiger partial charge in [0.1, 0.15) is 4.88 Å². The van der Waals surface area contributed by atoms with Gasteiger partial charge in [-0.1, -0.05) is 11.3 Å². The number of nitro groups is 1. The van der Waals surface area contributed by atoms with Crippen LogP contribution in [-0.4, -0.2) is 49.2 Å². The van der Waals surface area contributed by atoms with Gasteiger partial charge in [-0.3, -0.25) is 14.9 Å². The Kier molecular flexibility index (Phi) is 6.99. The van der Waals surface area contributed by atoms with Gasteiger partial charge in [0.05, 0.1) is 35.1 Å². The first-order chi connectivity index (χ1) is 15.1. The molecule has 1 fully saturated rings. The van der Waals surface area contributed by atoms with Crippen LogP contribution in [-0.2, 0) is 20.4 Å². The normalized spacial score (nSPS) is 15.2. The first-order valence-corrected chi connectivity index (χ1v) is 10.2. The highest BCUT2D eigenvalue weighted by molar-refractivity contribution is 7.17. The van der Waals surface area contributed by atoms with E-state index in [9.17, 15) is 32.9 Å². The number of amides is 1. The van der Waals surface area contributed by atoms with Gasteiger partial charge in [0.2, 0.25) is 0 Å². The highest BCUT2D eigenvalue weighted by Gasteiger charge is 2.32. The quantitative estimate of drug-likeness (QED) is 0.387. The van der Waals surface area contributed by atoms with Crippen LogP contribution in [0.3, 0.4) is 0 Å². The molecule has 1 aliphatic heterocycles. The van der Waals surface area contributed by atoms with E-state index in [1.165, 1.54) is 19.1 Å². The number of hydrogen-bond donors (Lipinski definition) is 1. The van der Waals surface area contributed by atoms with Crippen LogP contribution in [0.5, 0.6) is 0 Å². The maximum absolute atomic E-state index is 13.2. The molecule has 9 nitrogen and oxygen atoms in total. The zero-order chi connectivity index (χ0) is 23.5. The molecule has 0 saturated carbocycles. The molecule has 0 aliphatic carbocycles. The molecule has 1 atom stereocenters. The smallest absolute Gasteiger partial charge is 0.416 e. The second kappa shape index (κ2) is 9.53. The summed E-state index contributed by atoms with van der Waals surface area (Å²) in [5, 5.41) is 12.9. The molecule has 1 aromatic heterocycles.